The zero-order chi connectivity index (χ0) is 13.7. The largest absolute Gasteiger partial charge is 0.314 e. The molecule has 2 rings (SSSR count). The molecule has 0 heterocycles. The summed E-state index contributed by atoms with van der Waals surface area (Å²) < 4.78 is 0. The summed E-state index contributed by atoms with van der Waals surface area (Å²) in [7, 11) is 0. The van der Waals surface area contributed by atoms with Gasteiger partial charge in [0.25, 0.3) is 0 Å². The second kappa shape index (κ2) is 6.56. The van der Waals surface area contributed by atoms with Gasteiger partial charge in [0.1, 0.15) is 0 Å². The number of nitrogens with one attached hydrogen (secondary N) is 1. The third kappa shape index (κ3) is 3.20. The maximum Gasteiger partial charge on any atom is 0.0103 e. The molecule has 0 spiro atoms. The fourth-order valence-corrected chi connectivity index (χ4v) is 3.73. The molecule has 1 heteroatoms. The Bertz CT molecular complexity index is 365. The van der Waals surface area contributed by atoms with Gasteiger partial charge in [-0.1, -0.05) is 63.9 Å². The summed E-state index contributed by atoms with van der Waals surface area (Å²) in [6, 6.07) is 11.8. The van der Waals surface area contributed by atoms with Gasteiger partial charge in [-0.2, -0.15) is 0 Å². The molecule has 0 bridgehead atoms. The molecule has 1 atom stereocenters. The van der Waals surface area contributed by atoms with Crippen molar-refractivity contribution in [3.05, 3.63) is 35.9 Å². The van der Waals surface area contributed by atoms with Crippen molar-refractivity contribution in [2.45, 2.75) is 64.3 Å². The van der Waals surface area contributed by atoms with E-state index in [9.17, 15) is 0 Å². The minimum atomic E-state index is 0.335. The molecule has 1 aliphatic carbocycles. The highest BCUT2D eigenvalue weighted by Crippen LogP contribution is 2.44. The van der Waals surface area contributed by atoms with Crippen molar-refractivity contribution in [2.24, 2.45) is 5.92 Å². The maximum absolute atomic E-state index is 3.71. The van der Waals surface area contributed by atoms with Crippen LogP contribution in [-0.2, 0) is 5.41 Å². The number of hydrogen-bond donors (Lipinski definition) is 1. The Labute approximate surface area is 118 Å². The lowest BCUT2D eigenvalue weighted by atomic mass is 9.67. The van der Waals surface area contributed by atoms with Crippen molar-refractivity contribution < 1.29 is 0 Å². The first-order chi connectivity index (χ1) is 9.19. The molecular weight excluding hydrogens is 230 g/mol. The van der Waals surface area contributed by atoms with Gasteiger partial charge in [0, 0.05) is 18.0 Å². The molecule has 0 aromatic heterocycles. The highest BCUT2D eigenvalue weighted by molar-refractivity contribution is 5.27. The van der Waals surface area contributed by atoms with Gasteiger partial charge in [-0.25, -0.2) is 0 Å². The zero-order valence-corrected chi connectivity index (χ0v) is 12.8. The van der Waals surface area contributed by atoms with Crippen molar-refractivity contribution in [3.63, 3.8) is 0 Å². The van der Waals surface area contributed by atoms with Gasteiger partial charge in [0.15, 0.2) is 0 Å². The van der Waals surface area contributed by atoms with Crippen molar-refractivity contribution >= 4 is 0 Å². The third-order valence-electron chi connectivity index (χ3n) is 4.94. The van der Waals surface area contributed by atoms with E-state index in [1.54, 1.807) is 0 Å². The lowest BCUT2D eigenvalue weighted by molar-refractivity contribution is 0.243. The van der Waals surface area contributed by atoms with Crippen LogP contribution in [0.3, 0.4) is 0 Å². The molecule has 19 heavy (non-hydrogen) atoms. The molecule has 0 saturated heterocycles. The topological polar surface area (TPSA) is 12.0 Å². The van der Waals surface area contributed by atoms with Crippen LogP contribution in [0, 0.1) is 5.92 Å². The Kier molecular flexibility index (Phi) is 5.04. The van der Waals surface area contributed by atoms with Gasteiger partial charge < -0.3 is 5.32 Å². The Balaban J connectivity index is 2.29. The Hall–Kier alpha value is -0.820. The second-order valence-corrected chi connectivity index (χ2v) is 6.39. The fourth-order valence-electron chi connectivity index (χ4n) is 3.73. The quantitative estimate of drug-likeness (QED) is 0.792. The van der Waals surface area contributed by atoms with Crippen LogP contribution in [0.15, 0.2) is 30.3 Å². The first-order valence-corrected chi connectivity index (χ1v) is 7.98. The summed E-state index contributed by atoms with van der Waals surface area (Å²) in [5, 5.41) is 3.71. The summed E-state index contributed by atoms with van der Waals surface area (Å²) in [5.41, 5.74) is 1.87. The molecule has 1 aromatic rings. The number of rotatable bonds is 6. The molecule has 1 aromatic carbocycles. The number of benzene rings is 1. The Morgan fingerprint density at radius 2 is 1.79 bits per heavy atom. The van der Waals surface area contributed by atoms with Gasteiger partial charge >= 0.3 is 0 Å². The van der Waals surface area contributed by atoms with Crippen molar-refractivity contribution in [2.75, 3.05) is 6.54 Å². The van der Waals surface area contributed by atoms with E-state index in [1.807, 2.05) is 0 Å². The summed E-state index contributed by atoms with van der Waals surface area (Å²) in [4.78, 5) is 0. The summed E-state index contributed by atoms with van der Waals surface area (Å²) >= 11 is 0. The molecular formula is C18H29N. The van der Waals surface area contributed by atoms with E-state index in [-0.39, 0.29) is 0 Å². The normalized spacial score (nSPS) is 19.8. The lowest BCUT2D eigenvalue weighted by Crippen LogP contribution is -2.45. The molecule has 0 aliphatic heterocycles. The van der Waals surface area contributed by atoms with Crippen LogP contribution in [0.1, 0.15) is 58.4 Å². The molecule has 1 saturated carbocycles. The Morgan fingerprint density at radius 3 is 2.32 bits per heavy atom. The van der Waals surface area contributed by atoms with E-state index < -0.39 is 0 Å². The highest BCUT2D eigenvalue weighted by atomic mass is 14.9. The van der Waals surface area contributed by atoms with Crippen LogP contribution in [0.4, 0.5) is 0 Å². The molecule has 1 fully saturated rings. The first-order valence-electron chi connectivity index (χ1n) is 7.98. The third-order valence-corrected chi connectivity index (χ3v) is 4.94. The average Bonchev–Trinajstić information content (AvgIpc) is 2.96. The monoisotopic (exact) mass is 259 g/mol. The highest BCUT2D eigenvalue weighted by Gasteiger charge is 2.39. The molecule has 1 N–H and O–H groups in total. The maximum atomic E-state index is 3.71. The molecule has 0 radical (unpaired) electrons. The SMILES string of the molecule is CCC(CNC(C)C)(c1ccccc1)C1CCCC1. The van der Waals surface area contributed by atoms with Crippen LogP contribution >= 0.6 is 0 Å². The molecule has 1 unspecified atom stereocenters. The predicted octanol–water partition coefficient (Wildman–Crippen LogP) is 4.52. The lowest BCUT2D eigenvalue weighted by Gasteiger charge is -2.40. The van der Waals surface area contributed by atoms with E-state index in [0.29, 0.717) is 11.5 Å². The van der Waals surface area contributed by atoms with Crippen molar-refractivity contribution in [3.8, 4) is 0 Å². The van der Waals surface area contributed by atoms with Crippen molar-refractivity contribution in [1.29, 1.82) is 0 Å². The Morgan fingerprint density at radius 1 is 1.16 bits per heavy atom. The van der Waals surface area contributed by atoms with E-state index >= 15 is 0 Å². The van der Waals surface area contributed by atoms with Gasteiger partial charge in [0.2, 0.25) is 0 Å². The van der Waals surface area contributed by atoms with Crippen LogP contribution in [-0.4, -0.2) is 12.6 Å². The smallest absolute Gasteiger partial charge is 0.0103 e. The minimum absolute atomic E-state index is 0.335. The molecule has 0 amide bonds. The zero-order valence-electron chi connectivity index (χ0n) is 12.8. The minimum Gasteiger partial charge on any atom is -0.314 e. The van der Waals surface area contributed by atoms with Crippen LogP contribution in [0.2, 0.25) is 0 Å². The molecule has 106 valence electrons. The molecule has 1 aliphatic rings. The van der Waals surface area contributed by atoms with Gasteiger partial charge in [0.05, 0.1) is 0 Å². The second-order valence-electron chi connectivity index (χ2n) is 6.39. The summed E-state index contributed by atoms with van der Waals surface area (Å²) in [6.07, 6.45) is 6.88. The van der Waals surface area contributed by atoms with Crippen LogP contribution in [0.5, 0.6) is 0 Å². The van der Waals surface area contributed by atoms with Crippen LogP contribution in [0.25, 0.3) is 0 Å². The summed E-state index contributed by atoms with van der Waals surface area (Å²) in [5.74, 6) is 0.853. The van der Waals surface area contributed by atoms with E-state index in [1.165, 1.54) is 37.7 Å². The predicted molar refractivity (Wildman–Crippen MR) is 83.5 cm³/mol. The fraction of sp³-hybridized carbons (Fsp3) is 0.667. The van der Waals surface area contributed by atoms with Crippen LogP contribution < -0.4 is 5.32 Å². The van der Waals surface area contributed by atoms with Gasteiger partial charge in [-0.05, 0) is 30.7 Å². The first kappa shape index (κ1) is 14.6. The van der Waals surface area contributed by atoms with Gasteiger partial charge in [-0.15, -0.1) is 0 Å². The number of hydrogen-bond acceptors (Lipinski definition) is 1. The standard InChI is InChI=1S/C18H29N/c1-4-18(14-19-15(2)3,17-12-8-9-13-17)16-10-6-5-7-11-16/h5-7,10-11,15,17,19H,4,8-9,12-14H2,1-3H3. The average molecular weight is 259 g/mol. The molecule has 1 nitrogen and oxygen atoms in total. The van der Waals surface area contributed by atoms with Gasteiger partial charge in [-0.3, -0.25) is 0 Å². The van der Waals surface area contributed by atoms with E-state index in [2.05, 4.69) is 56.4 Å². The summed E-state index contributed by atoms with van der Waals surface area (Å²) in [6.45, 7) is 7.99. The van der Waals surface area contributed by atoms with E-state index in [4.69, 9.17) is 0 Å². The van der Waals surface area contributed by atoms with Crippen molar-refractivity contribution in [1.82, 2.24) is 5.32 Å². The van der Waals surface area contributed by atoms with E-state index in [0.717, 1.165) is 12.5 Å².